The summed E-state index contributed by atoms with van der Waals surface area (Å²) in [7, 11) is -3.13. The molecule has 1 heterocycles. The molecule has 96 valence electrons. The Hall–Kier alpha value is -1.08. The van der Waals surface area contributed by atoms with Crippen LogP contribution in [0, 0.1) is 6.92 Å². The van der Waals surface area contributed by atoms with Crippen molar-refractivity contribution in [2.24, 2.45) is 0 Å². The van der Waals surface area contributed by atoms with Crippen molar-refractivity contribution in [1.29, 1.82) is 0 Å². The third kappa shape index (κ3) is 3.19. The molecule has 1 rings (SSSR count). The standard InChI is InChI=1S/C9H13ClN2O4S/c1-3-17(15,16)5-4-12-8(10)7(9(13)14)6(2)11-12/h3-5H2,1-2H3,(H,13,14). The van der Waals surface area contributed by atoms with E-state index in [0.29, 0.717) is 0 Å². The van der Waals surface area contributed by atoms with Gasteiger partial charge in [-0.3, -0.25) is 4.68 Å². The third-order valence-corrected chi connectivity index (χ3v) is 4.40. The third-order valence-electron chi connectivity index (χ3n) is 2.33. The maximum absolute atomic E-state index is 11.3. The molecule has 0 spiro atoms. The maximum Gasteiger partial charge on any atom is 0.340 e. The van der Waals surface area contributed by atoms with Gasteiger partial charge in [0.15, 0.2) is 9.84 Å². The zero-order chi connectivity index (χ0) is 13.2. The first kappa shape index (κ1) is 14.0. The van der Waals surface area contributed by atoms with Gasteiger partial charge in [-0.15, -0.1) is 0 Å². The van der Waals surface area contributed by atoms with E-state index < -0.39 is 15.8 Å². The van der Waals surface area contributed by atoms with Crippen molar-refractivity contribution in [3.8, 4) is 0 Å². The Morgan fingerprint density at radius 2 is 2.12 bits per heavy atom. The fourth-order valence-corrected chi connectivity index (χ4v) is 2.39. The van der Waals surface area contributed by atoms with E-state index in [9.17, 15) is 13.2 Å². The van der Waals surface area contributed by atoms with E-state index in [2.05, 4.69) is 5.10 Å². The van der Waals surface area contributed by atoms with Crippen LogP contribution in [0.3, 0.4) is 0 Å². The van der Waals surface area contributed by atoms with Gasteiger partial charge in [0.25, 0.3) is 0 Å². The lowest BCUT2D eigenvalue weighted by Gasteiger charge is -2.03. The summed E-state index contributed by atoms with van der Waals surface area (Å²) in [5.41, 5.74) is 0.192. The van der Waals surface area contributed by atoms with Crippen LogP contribution in [0.4, 0.5) is 0 Å². The van der Waals surface area contributed by atoms with Gasteiger partial charge in [-0.25, -0.2) is 13.2 Å². The zero-order valence-electron chi connectivity index (χ0n) is 9.47. The van der Waals surface area contributed by atoms with E-state index in [0.717, 1.165) is 0 Å². The van der Waals surface area contributed by atoms with Gasteiger partial charge in [0, 0.05) is 5.75 Å². The van der Waals surface area contributed by atoms with Crippen LogP contribution in [-0.4, -0.2) is 40.8 Å². The zero-order valence-corrected chi connectivity index (χ0v) is 11.0. The van der Waals surface area contributed by atoms with E-state index in [1.54, 1.807) is 6.92 Å². The molecule has 0 atom stereocenters. The molecule has 17 heavy (non-hydrogen) atoms. The minimum atomic E-state index is -3.13. The molecular formula is C9H13ClN2O4S. The molecule has 0 amide bonds. The molecule has 0 aliphatic heterocycles. The monoisotopic (exact) mass is 280 g/mol. The lowest BCUT2D eigenvalue weighted by Crippen LogP contribution is -2.15. The van der Waals surface area contributed by atoms with E-state index in [-0.39, 0.29) is 34.5 Å². The number of hydrogen-bond donors (Lipinski definition) is 1. The second-order valence-electron chi connectivity index (χ2n) is 3.52. The second kappa shape index (κ2) is 5.05. The van der Waals surface area contributed by atoms with Gasteiger partial charge < -0.3 is 5.11 Å². The molecule has 0 saturated heterocycles. The number of aromatic nitrogens is 2. The van der Waals surface area contributed by atoms with Crippen LogP contribution in [0.2, 0.25) is 5.15 Å². The fraction of sp³-hybridized carbons (Fsp3) is 0.556. The summed E-state index contributed by atoms with van der Waals surface area (Å²) in [4.78, 5) is 10.9. The van der Waals surface area contributed by atoms with Gasteiger partial charge in [0.1, 0.15) is 10.7 Å². The molecule has 1 aromatic rings. The van der Waals surface area contributed by atoms with E-state index in [4.69, 9.17) is 16.7 Å². The summed E-state index contributed by atoms with van der Waals surface area (Å²) in [5.74, 6) is -1.24. The van der Waals surface area contributed by atoms with Gasteiger partial charge in [0.05, 0.1) is 18.0 Å². The molecule has 1 aromatic heterocycles. The molecule has 0 saturated carbocycles. The first-order valence-corrected chi connectivity index (χ1v) is 7.15. The molecule has 6 nitrogen and oxygen atoms in total. The lowest BCUT2D eigenvalue weighted by atomic mass is 10.3. The van der Waals surface area contributed by atoms with Crippen molar-refractivity contribution in [2.45, 2.75) is 20.4 Å². The van der Waals surface area contributed by atoms with Crippen molar-refractivity contribution in [1.82, 2.24) is 9.78 Å². The van der Waals surface area contributed by atoms with Crippen molar-refractivity contribution >= 4 is 27.4 Å². The highest BCUT2D eigenvalue weighted by atomic mass is 35.5. The van der Waals surface area contributed by atoms with Crippen LogP contribution < -0.4 is 0 Å². The van der Waals surface area contributed by atoms with Crippen molar-refractivity contribution in [2.75, 3.05) is 11.5 Å². The highest BCUT2D eigenvalue weighted by Gasteiger charge is 2.20. The number of nitrogens with zero attached hydrogens (tertiary/aromatic N) is 2. The van der Waals surface area contributed by atoms with Crippen molar-refractivity contribution in [3.63, 3.8) is 0 Å². The van der Waals surface area contributed by atoms with Crippen molar-refractivity contribution < 1.29 is 18.3 Å². The minimum absolute atomic E-state index is 0.0384. The number of carboxylic acids is 1. The number of halogens is 1. The molecule has 0 aliphatic carbocycles. The minimum Gasteiger partial charge on any atom is -0.478 e. The molecule has 0 radical (unpaired) electrons. The van der Waals surface area contributed by atoms with Crippen LogP contribution in [0.25, 0.3) is 0 Å². The van der Waals surface area contributed by atoms with Crippen LogP contribution in [0.5, 0.6) is 0 Å². The number of hydrogen-bond acceptors (Lipinski definition) is 4. The van der Waals surface area contributed by atoms with E-state index >= 15 is 0 Å². The Bertz CT molecular complexity index is 535. The predicted octanol–water partition coefficient (Wildman–Crippen LogP) is 0.978. The first-order valence-electron chi connectivity index (χ1n) is 4.95. The highest BCUT2D eigenvalue weighted by molar-refractivity contribution is 7.91. The Morgan fingerprint density at radius 1 is 1.53 bits per heavy atom. The van der Waals surface area contributed by atoms with Gasteiger partial charge in [0.2, 0.25) is 0 Å². The van der Waals surface area contributed by atoms with Gasteiger partial charge in [-0.2, -0.15) is 5.10 Å². The SMILES string of the molecule is CCS(=O)(=O)CCn1nc(C)c(C(=O)O)c1Cl. The number of rotatable bonds is 5. The van der Waals surface area contributed by atoms with Gasteiger partial charge in [-0.1, -0.05) is 18.5 Å². The molecular weight excluding hydrogens is 268 g/mol. The number of aryl methyl sites for hydroxylation is 2. The summed E-state index contributed by atoms with van der Waals surface area (Å²) < 4.78 is 23.8. The Balaban J connectivity index is 2.95. The van der Waals surface area contributed by atoms with Gasteiger partial charge in [-0.05, 0) is 6.92 Å². The summed E-state index contributed by atoms with van der Waals surface area (Å²) in [6.45, 7) is 3.12. The Kier molecular flexibility index (Phi) is 4.16. The smallest absolute Gasteiger partial charge is 0.340 e. The van der Waals surface area contributed by atoms with E-state index in [1.165, 1.54) is 11.6 Å². The summed E-state index contributed by atoms with van der Waals surface area (Å²) in [6.07, 6.45) is 0. The molecule has 0 fully saturated rings. The van der Waals surface area contributed by atoms with Crippen molar-refractivity contribution in [3.05, 3.63) is 16.4 Å². The lowest BCUT2D eigenvalue weighted by molar-refractivity contribution is 0.0696. The molecule has 0 aliphatic rings. The number of carboxylic acid groups (broad SMARTS) is 1. The normalized spacial score (nSPS) is 11.7. The second-order valence-corrected chi connectivity index (χ2v) is 6.35. The molecule has 1 N–H and O–H groups in total. The van der Waals surface area contributed by atoms with Crippen LogP contribution in [0.1, 0.15) is 23.0 Å². The predicted molar refractivity (Wildman–Crippen MR) is 63.3 cm³/mol. The Morgan fingerprint density at radius 3 is 2.53 bits per heavy atom. The summed E-state index contributed by atoms with van der Waals surface area (Å²) in [5, 5.41) is 12.7. The maximum atomic E-state index is 11.3. The van der Waals surface area contributed by atoms with E-state index in [1.807, 2.05) is 0 Å². The Labute approximate surface area is 104 Å². The molecule has 0 bridgehead atoms. The topological polar surface area (TPSA) is 89.3 Å². The fourth-order valence-electron chi connectivity index (χ4n) is 1.31. The van der Waals surface area contributed by atoms with Crippen LogP contribution >= 0.6 is 11.6 Å². The average Bonchev–Trinajstić information content (AvgIpc) is 2.51. The molecule has 8 heteroatoms. The van der Waals surface area contributed by atoms with Gasteiger partial charge >= 0.3 is 5.97 Å². The summed E-state index contributed by atoms with van der Waals surface area (Å²) in [6, 6.07) is 0. The van der Waals surface area contributed by atoms with Crippen LogP contribution in [-0.2, 0) is 16.4 Å². The number of carbonyl (C=O) groups is 1. The number of sulfone groups is 1. The average molecular weight is 281 g/mol. The number of aromatic carboxylic acids is 1. The largest absolute Gasteiger partial charge is 0.478 e. The summed E-state index contributed by atoms with van der Waals surface area (Å²) >= 11 is 5.82. The molecule has 0 aromatic carbocycles. The highest BCUT2D eigenvalue weighted by Crippen LogP contribution is 2.19. The van der Waals surface area contributed by atoms with Crippen LogP contribution in [0.15, 0.2) is 0 Å². The first-order chi connectivity index (χ1) is 7.78. The molecule has 0 unspecified atom stereocenters. The quantitative estimate of drug-likeness (QED) is 0.868.